The second kappa shape index (κ2) is 6.63. The Hall–Kier alpha value is -1.01. The van der Waals surface area contributed by atoms with Crippen molar-refractivity contribution in [3.63, 3.8) is 0 Å². The zero-order chi connectivity index (χ0) is 14.7. The Balaban J connectivity index is 1.96. The van der Waals surface area contributed by atoms with Crippen LogP contribution >= 0.6 is 27.7 Å². The SMILES string of the molecule is Cc1cc(Br)ccc1SCC(=O)N1CCC[C@H]1C(=O)O. The Morgan fingerprint density at radius 2 is 2.25 bits per heavy atom. The van der Waals surface area contributed by atoms with Crippen LogP contribution in [0.2, 0.25) is 0 Å². The molecule has 20 heavy (non-hydrogen) atoms. The third kappa shape index (κ3) is 3.55. The highest BCUT2D eigenvalue weighted by Gasteiger charge is 2.33. The van der Waals surface area contributed by atoms with E-state index in [1.54, 1.807) is 0 Å². The van der Waals surface area contributed by atoms with Crippen LogP contribution < -0.4 is 0 Å². The number of nitrogens with zero attached hydrogens (tertiary/aromatic N) is 1. The molecule has 0 aliphatic carbocycles. The lowest BCUT2D eigenvalue weighted by atomic mass is 10.2. The molecule has 1 aliphatic rings. The smallest absolute Gasteiger partial charge is 0.326 e. The van der Waals surface area contributed by atoms with Gasteiger partial charge in [0, 0.05) is 15.9 Å². The molecule has 0 bridgehead atoms. The lowest BCUT2D eigenvalue weighted by Crippen LogP contribution is -2.41. The molecule has 1 saturated heterocycles. The fourth-order valence-corrected chi connectivity index (χ4v) is 3.69. The molecule has 0 radical (unpaired) electrons. The van der Waals surface area contributed by atoms with E-state index in [-0.39, 0.29) is 11.7 Å². The summed E-state index contributed by atoms with van der Waals surface area (Å²) in [5.41, 5.74) is 1.10. The van der Waals surface area contributed by atoms with Gasteiger partial charge in [-0.3, -0.25) is 4.79 Å². The lowest BCUT2D eigenvalue weighted by Gasteiger charge is -2.21. The molecule has 1 aromatic carbocycles. The van der Waals surface area contributed by atoms with Gasteiger partial charge in [-0.2, -0.15) is 0 Å². The molecule has 0 unspecified atom stereocenters. The average Bonchev–Trinajstić information content (AvgIpc) is 2.86. The minimum absolute atomic E-state index is 0.0952. The molecule has 1 amide bonds. The number of aliphatic carboxylic acids is 1. The molecule has 1 aliphatic heterocycles. The molecule has 0 aromatic heterocycles. The monoisotopic (exact) mass is 357 g/mol. The van der Waals surface area contributed by atoms with Crippen LogP contribution in [0.5, 0.6) is 0 Å². The van der Waals surface area contributed by atoms with Gasteiger partial charge in [-0.15, -0.1) is 11.8 Å². The number of aryl methyl sites for hydroxylation is 1. The number of likely N-dealkylation sites (tertiary alicyclic amines) is 1. The number of halogens is 1. The van der Waals surface area contributed by atoms with Crippen molar-refractivity contribution in [1.82, 2.24) is 4.90 Å². The van der Waals surface area contributed by atoms with E-state index in [4.69, 9.17) is 5.11 Å². The van der Waals surface area contributed by atoms with E-state index in [0.717, 1.165) is 21.4 Å². The maximum Gasteiger partial charge on any atom is 0.326 e. The molecular weight excluding hydrogens is 342 g/mol. The molecule has 2 rings (SSSR count). The molecule has 1 N–H and O–H groups in total. The van der Waals surface area contributed by atoms with E-state index >= 15 is 0 Å². The van der Waals surface area contributed by atoms with Crippen LogP contribution in [0.25, 0.3) is 0 Å². The van der Waals surface area contributed by atoms with Gasteiger partial charge in [-0.25, -0.2) is 4.79 Å². The number of carbonyl (C=O) groups is 2. The quantitative estimate of drug-likeness (QED) is 0.841. The zero-order valence-corrected chi connectivity index (χ0v) is 13.5. The predicted molar refractivity (Wildman–Crippen MR) is 82.0 cm³/mol. The number of rotatable bonds is 4. The number of carboxylic acid groups (broad SMARTS) is 1. The Labute approximate surface area is 130 Å². The number of carbonyl (C=O) groups excluding carboxylic acids is 1. The molecule has 108 valence electrons. The van der Waals surface area contributed by atoms with Gasteiger partial charge in [0.25, 0.3) is 0 Å². The second-order valence-corrected chi connectivity index (χ2v) is 6.71. The fourth-order valence-electron chi connectivity index (χ4n) is 2.32. The molecule has 4 nitrogen and oxygen atoms in total. The normalized spacial score (nSPS) is 18.3. The summed E-state index contributed by atoms with van der Waals surface area (Å²) >= 11 is 4.86. The van der Waals surface area contributed by atoms with Crippen LogP contribution in [-0.2, 0) is 9.59 Å². The lowest BCUT2D eigenvalue weighted by molar-refractivity contribution is -0.147. The first-order chi connectivity index (χ1) is 9.49. The van der Waals surface area contributed by atoms with Crippen LogP contribution in [-0.4, -0.2) is 40.2 Å². The third-order valence-corrected chi connectivity index (χ3v) is 5.00. The van der Waals surface area contributed by atoms with Gasteiger partial charge in [0.2, 0.25) is 5.91 Å². The van der Waals surface area contributed by atoms with E-state index in [1.165, 1.54) is 16.7 Å². The molecule has 1 fully saturated rings. The summed E-state index contributed by atoms with van der Waals surface area (Å²) in [4.78, 5) is 25.8. The number of thioether (sulfide) groups is 1. The number of hydrogen-bond acceptors (Lipinski definition) is 3. The first-order valence-corrected chi connectivity index (χ1v) is 8.18. The maximum absolute atomic E-state index is 12.1. The number of hydrogen-bond donors (Lipinski definition) is 1. The van der Waals surface area contributed by atoms with Crippen molar-refractivity contribution < 1.29 is 14.7 Å². The summed E-state index contributed by atoms with van der Waals surface area (Å²) in [5, 5.41) is 9.09. The van der Waals surface area contributed by atoms with Crippen LogP contribution in [0, 0.1) is 6.92 Å². The van der Waals surface area contributed by atoms with Crippen molar-refractivity contribution in [2.75, 3.05) is 12.3 Å². The Morgan fingerprint density at radius 1 is 1.50 bits per heavy atom. The second-order valence-electron chi connectivity index (χ2n) is 4.78. The highest BCUT2D eigenvalue weighted by molar-refractivity contribution is 9.10. The highest BCUT2D eigenvalue weighted by atomic mass is 79.9. The van der Waals surface area contributed by atoms with Crippen molar-refractivity contribution in [1.29, 1.82) is 0 Å². The van der Waals surface area contributed by atoms with Crippen LogP contribution in [0.3, 0.4) is 0 Å². The van der Waals surface area contributed by atoms with E-state index in [1.807, 2.05) is 25.1 Å². The molecule has 1 heterocycles. The highest BCUT2D eigenvalue weighted by Crippen LogP contribution is 2.26. The van der Waals surface area contributed by atoms with Gasteiger partial charge in [0.15, 0.2) is 0 Å². The van der Waals surface area contributed by atoms with E-state index < -0.39 is 12.0 Å². The molecule has 1 atom stereocenters. The van der Waals surface area contributed by atoms with Crippen molar-refractivity contribution in [3.8, 4) is 0 Å². The maximum atomic E-state index is 12.1. The zero-order valence-electron chi connectivity index (χ0n) is 11.1. The van der Waals surface area contributed by atoms with E-state index in [2.05, 4.69) is 15.9 Å². The minimum atomic E-state index is -0.902. The van der Waals surface area contributed by atoms with E-state index in [0.29, 0.717) is 13.0 Å². The number of benzene rings is 1. The van der Waals surface area contributed by atoms with Gasteiger partial charge in [0.1, 0.15) is 6.04 Å². The largest absolute Gasteiger partial charge is 0.480 e. The topological polar surface area (TPSA) is 57.6 Å². The predicted octanol–water partition coefficient (Wildman–Crippen LogP) is 2.93. The van der Waals surface area contributed by atoms with Crippen molar-refractivity contribution in [3.05, 3.63) is 28.2 Å². The van der Waals surface area contributed by atoms with Gasteiger partial charge < -0.3 is 10.0 Å². The van der Waals surface area contributed by atoms with Crippen molar-refractivity contribution >= 4 is 39.6 Å². The van der Waals surface area contributed by atoms with Crippen molar-refractivity contribution in [2.24, 2.45) is 0 Å². The molecule has 0 saturated carbocycles. The fraction of sp³-hybridized carbons (Fsp3) is 0.429. The van der Waals surface area contributed by atoms with Gasteiger partial charge in [-0.05, 0) is 43.5 Å². The summed E-state index contributed by atoms with van der Waals surface area (Å²) in [7, 11) is 0. The van der Waals surface area contributed by atoms with Crippen molar-refractivity contribution in [2.45, 2.75) is 30.7 Å². The molecule has 6 heteroatoms. The average molecular weight is 358 g/mol. The Kier molecular flexibility index (Phi) is 5.10. The number of amides is 1. The van der Waals surface area contributed by atoms with Crippen LogP contribution in [0.4, 0.5) is 0 Å². The first kappa shape index (κ1) is 15.4. The standard InChI is InChI=1S/C14H16BrNO3S/c1-9-7-10(15)4-5-12(9)20-8-13(17)16-6-2-3-11(16)14(18)19/h4-5,7,11H,2-3,6,8H2,1H3,(H,18,19)/t11-/m0/s1. The molecule has 1 aromatic rings. The number of carboxylic acids is 1. The van der Waals surface area contributed by atoms with Gasteiger partial charge >= 0.3 is 5.97 Å². The van der Waals surface area contributed by atoms with Gasteiger partial charge in [-0.1, -0.05) is 15.9 Å². The summed E-state index contributed by atoms with van der Waals surface area (Å²) in [5.74, 6) is -0.713. The Bertz CT molecular complexity index is 535. The summed E-state index contributed by atoms with van der Waals surface area (Å²) in [6.45, 7) is 2.54. The molecule has 0 spiro atoms. The first-order valence-electron chi connectivity index (χ1n) is 6.40. The summed E-state index contributed by atoms with van der Waals surface area (Å²) in [6, 6.07) is 5.27. The van der Waals surface area contributed by atoms with E-state index in [9.17, 15) is 9.59 Å². The third-order valence-electron chi connectivity index (χ3n) is 3.35. The van der Waals surface area contributed by atoms with Crippen LogP contribution in [0.15, 0.2) is 27.6 Å². The minimum Gasteiger partial charge on any atom is -0.480 e. The summed E-state index contributed by atoms with van der Waals surface area (Å²) in [6.07, 6.45) is 1.33. The van der Waals surface area contributed by atoms with Gasteiger partial charge in [0.05, 0.1) is 5.75 Å². The van der Waals surface area contributed by atoms with Crippen LogP contribution in [0.1, 0.15) is 18.4 Å². The molecular formula is C14H16BrNO3S. The Morgan fingerprint density at radius 3 is 2.90 bits per heavy atom. The summed E-state index contributed by atoms with van der Waals surface area (Å²) < 4.78 is 1.01.